The van der Waals surface area contributed by atoms with Crippen LogP contribution in [0, 0.1) is 0 Å². The van der Waals surface area contributed by atoms with E-state index in [1.165, 1.54) is 12.3 Å². The zero-order chi connectivity index (χ0) is 17.6. The Kier molecular flexibility index (Phi) is 3.54. The fraction of sp³-hybridized carbons (Fsp3) is 0.0588. The van der Waals surface area contributed by atoms with E-state index in [2.05, 4.69) is 10.1 Å². The maximum Gasteiger partial charge on any atom is 0.433 e. The summed E-state index contributed by atoms with van der Waals surface area (Å²) in [5.41, 5.74) is 0.247. The maximum absolute atomic E-state index is 13.5. The lowest BCUT2D eigenvalue weighted by Crippen LogP contribution is -2.13. The molecular formula is C17H9ClF3N3O. The van der Waals surface area contributed by atoms with Crippen LogP contribution in [0.1, 0.15) is 5.69 Å². The lowest BCUT2D eigenvalue weighted by atomic mass is 10.1. The van der Waals surface area contributed by atoms with Crippen LogP contribution in [0.15, 0.2) is 59.2 Å². The van der Waals surface area contributed by atoms with E-state index in [0.29, 0.717) is 16.3 Å². The Morgan fingerprint density at radius 1 is 1.00 bits per heavy atom. The molecule has 0 aliphatic carbocycles. The summed E-state index contributed by atoms with van der Waals surface area (Å²) in [6.07, 6.45) is -3.21. The highest BCUT2D eigenvalue weighted by Gasteiger charge is 2.35. The third kappa shape index (κ3) is 2.87. The molecule has 0 fully saturated rings. The summed E-state index contributed by atoms with van der Waals surface area (Å²) in [7, 11) is 0. The van der Waals surface area contributed by atoms with Crippen molar-refractivity contribution in [2.45, 2.75) is 6.18 Å². The van der Waals surface area contributed by atoms with Crippen LogP contribution >= 0.6 is 11.6 Å². The van der Waals surface area contributed by atoms with E-state index >= 15 is 0 Å². The van der Waals surface area contributed by atoms with Gasteiger partial charge in [-0.2, -0.15) is 18.3 Å². The van der Waals surface area contributed by atoms with Gasteiger partial charge in [0, 0.05) is 16.7 Å². The van der Waals surface area contributed by atoms with Gasteiger partial charge in [0.1, 0.15) is 5.69 Å². The van der Waals surface area contributed by atoms with Gasteiger partial charge in [-0.25, -0.2) is 9.50 Å². The number of alkyl halides is 3. The number of benzene rings is 1. The number of halogens is 4. The minimum Gasteiger partial charge on any atom is -0.463 e. The van der Waals surface area contributed by atoms with E-state index in [-0.39, 0.29) is 17.1 Å². The number of fused-ring (bicyclic) bond motifs is 1. The molecule has 0 unspecified atom stereocenters. The van der Waals surface area contributed by atoms with Crippen molar-refractivity contribution in [2.24, 2.45) is 0 Å². The van der Waals surface area contributed by atoms with E-state index in [4.69, 9.17) is 16.0 Å². The molecule has 0 spiro atoms. The van der Waals surface area contributed by atoms with Gasteiger partial charge in [0.2, 0.25) is 0 Å². The summed E-state index contributed by atoms with van der Waals surface area (Å²) in [5.74, 6) is 0.252. The van der Waals surface area contributed by atoms with Gasteiger partial charge in [0.15, 0.2) is 17.1 Å². The number of hydrogen-bond donors (Lipinski definition) is 0. The quantitative estimate of drug-likeness (QED) is 0.483. The molecule has 0 amide bonds. The first-order chi connectivity index (χ1) is 11.9. The Balaban J connectivity index is 1.95. The molecule has 25 heavy (non-hydrogen) atoms. The summed E-state index contributed by atoms with van der Waals surface area (Å²) in [6, 6.07) is 12.2. The number of aromatic nitrogens is 3. The number of hydrogen-bond acceptors (Lipinski definition) is 3. The summed E-state index contributed by atoms with van der Waals surface area (Å²) >= 11 is 5.84. The summed E-state index contributed by atoms with van der Waals surface area (Å²) in [5, 5.41) is 4.59. The first kappa shape index (κ1) is 15.7. The average molecular weight is 364 g/mol. The molecule has 8 heteroatoms. The zero-order valence-corrected chi connectivity index (χ0v) is 13.2. The predicted octanol–water partition coefficient (Wildman–Crippen LogP) is 5.33. The summed E-state index contributed by atoms with van der Waals surface area (Å²) in [4.78, 5) is 4.24. The molecule has 4 aromatic rings. The molecule has 0 saturated carbocycles. The second kappa shape index (κ2) is 5.63. The second-order valence-corrected chi connectivity index (χ2v) is 5.74. The van der Waals surface area contributed by atoms with Crippen molar-refractivity contribution in [3.05, 3.63) is 65.5 Å². The number of nitrogens with zero attached hydrogens (tertiary/aromatic N) is 3. The Bertz CT molecular complexity index is 1040. The number of furan rings is 1. The highest BCUT2D eigenvalue weighted by Crippen LogP contribution is 2.33. The summed E-state index contributed by atoms with van der Waals surface area (Å²) < 4.78 is 46.4. The Hall–Kier alpha value is -2.80. The molecule has 3 aromatic heterocycles. The Morgan fingerprint density at radius 3 is 2.40 bits per heavy atom. The highest BCUT2D eigenvalue weighted by atomic mass is 35.5. The molecule has 0 radical (unpaired) electrons. The van der Waals surface area contributed by atoms with Gasteiger partial charge < -0.3 is 4.42 Å². The van der Waals surface area contributed by atoms with Crippen LogP contribution < -0.4 is 0 Å². The minimum absolute atomic E-state index is 0.0752. The van der Waals surface area contributed by atoms with Crippen molar-refractivity contribution in [1.82, 2.24) is 14.6 Å². The predicted molar refractivity (Wildman–Crippen MR) is 86.1 cm³/mol. The normalized spacial score (nSPS) is 12.0. The molecule has 4 nitrogen and oxygen atoms in total. The average Bonchev–Trinajstić information content (AvgIpc) is 3.23. The van der Waals surface area contributed by atoms with Crippen molar-refractivity contribution in [3.8, 4) is 22.7 Å². The monoisotopic (exact) mass is 363 g/mol. The number of rotatable bonds is 2. The van der Waals surface area contributed by atoms with E-state index < -0.39 is 11.9 Å². The first-order valence-electron chi connectivity index (χ1n) is 7.20. The van der Waals surface area contributed by atoms with E-state index in [9.17, 15) is 13.2 Å². The molecular weight excluding hydrogens is 355 g/mol. The molecule has 0 aliphatic rings. The van der Waals surface area contributed by atoms with Crippen molar-refractivity contribution in [3.63, 3.8) is 0 Å². The lowest BCUT2D eigenvalue weighted by molar-refractivity contribution is -0.142. The van der Waals surface area contributed by atoms with Gasteiger partial charge in [-0.1, -0.05) is 23.7 Å². The minimum atomic E-state index is -4.59. The SMILES string of the molecule is FC(F)(F)c1cc(-c2ccco2)nc2cc(-c3ccc(Cl)cc3)nn12. The highest BCUT2D eigenvalue weighted by molar-refractivity contribution is 6.30. The Morgan fingerprint density at radius 2 is 1.76 bits per heavy atom. The van der Waals surface area contributed by atoms with Crippen molar-refractivity contribution in [2.75, 3.05) is 0 Å². The van der Waals surface area contributed by atoms with Crippen LogP contribution in [0.4, 0.5) is 13.2 Å². The molecule has 0 atom stereocenters. The molecule has 4 rings (SSSR count). The molecule has 126 valence electrons. The molecule has 1 aromatic carbocycles. The van der Waals surface area contributed by atoms with Gasteiger partial charge in [0.05, 0.1) is 12.0 Å². The van der Waals surface area contributed by atoms with Gasteiger partial charge in [0.25, 0.3) is 0 Å². The van der Waals surface area contributed by atoms with Crippen LogP contribution in [0.2, 0.25) is 5.02 Å². The zero-order valence-electron chi connectivity index (χ0n) is 12.5. The second-order valence-electron chi connectivity index (χ2n) is 5.31. The van der Waals surface area contributed by atoms with Crippen LogP contribution in [-0.2, 0) is 6.18 Å². The van der Waals surface area contributed by atoms with Crippen LogP contribution in [-0.4, -0.2) is 14.6 Å². The third-order valence-electron chi connectivity index (χ3n) is 3.63. The fourth-order valence-electron chi connectivity index (χ4n) is 2.49. The van der Waals surface area contributed by atoms with Gasteiger partial charge in [-0.15, -0.1) is 0 Å². The molecule has 0 saturated heterocycles. The lowest BCUT2D eigenvalue weighted by Gasteiger charge is -2.09. The fourth-order valence-corrected chi connectivity index (χ4v) is 2.61. The van der Waals surface area contributed by atoms with Crippen LogP contribution in [0.25, 0.3) is 28.4 Å². The standard InChI is InChI=1S/C17H9ClF3N3O/c18-11-5-3-10(4-6-11)12-9-16-22-13(14-2-1-7-25-14)8-15(17(19,20)21)24(16)23-12/h1-9H. The molecule has 0 bridgehead atoms. The topological polar surface area (TPSA) is 43.3 Å². The van der Waals surface area contributed by atoms with E-state index in [0.717, 1.165) is 10.6 Å². The van der Waals surface area contributed by atoms with Crippen molar-refractivity contribution >= 4 is 17.2 Å². The van der Waals surface area contributed by atoms with Crippen LogP contribution in [0.5, 0.6) is 0 Å². The maximum atomic E-state index is 13.5. The first-order valence-corrected chi connectivity index (χ1v) is 7.57. The van der Waals surface area contributed by atoms with E-state index in [1.54, 1.807) is 36.4 Å². The van der Waals surface area contributed by atoms with Crippen LogP contribution in [0.3, 0.4) is 0 Å². The smallest absolute Gasteiger partial charge is 0.433 e. The molecule has 0 aliphatic heterocycles. The van der Waals surface area contributed by atoms with Gasteiger partial charge in [-0.05, 0) is 30.3 Å². The molecule has 0 N–H and O–H groups in total. The van der Waals surface area contributed by atoms with E-state index in [1.807, 2.05) is 0 Å². The van der Waals surface area contributed by atoms with Gasteiger partial charge in [-0.3, -0.25) is 0 Å². The van der Waals surface area contributed by atoms with Gasteiger partial charge >= 0.3 is 6.18 Å². The third-order valence-corrected chi connectivity index (χ3v) is 3.88. The molecule has 3 heterocycles. The largest absolute Gasteiger partial charge is 0.463 e. The van der Waals surface area contributed by atoms with Crippen molar-refractivity contribution < 1.29 is 17.6 Å². The Labute approximate surface area is 144 Å². The van der Waals surface area contributed by atoms with Crippen molar-refractivity contribution in [1.29, 1.82) is 0 Å². The summed E-state index contributed by atoms with van der Waals surface area (Å²) in [6.45, 7) is 0.